The van der Waals surface area contributed by atoms with Crippen molar-refractivity contribution in [3.05, 3.63) is 70.4 Å². The lowest BCUT2D eigenvalue weighted by molar-refractivity contribution is -0.138. The number of aliphatic imine (C=N–C) groups is 1. The molecule has 1 aromatic heterocycles. The lowest BCUT2D eigenvalue weighted by atomic mass is 9.83. The molecular weight excluding hydrogens is 351 g/mol. The fraction of sp³-hybridized carbons (Fsp3) is 0.286. The van der Waals surface area contributed by atoms with E-state index in [2.05, 4.69) is 10.2 Å². The SMILES string of the molecule is Cc1cccc2cc(C3=NC(C)(C)Cc4c3cccc4C(F)(F)F)nnc12. The first-order valence-corrected chi connectivity index (χ1v) is 8.68. The quantitative estimate of drug-likeness (QED) is 0.596. The van der Waals surface area contributed by atoms with Crippen LogP contribution in [0.25, 0.3) is 10.9 Å². The van der Waals surface area contributed by atoms with Gasteiger partial charge in [0, 0.05) is 10.9 Å². The molecule has 27 heavy (non-hydrogen) atoms. The molecule has 0 spiro atoms. The standard InChI is InChI=1S/C21H18F3N3/c1-12-6-4-7-13-10-17(26-27-18(12)13)19-14-8-5-9-16(21(22,23)24)15(14)11-20(2,3)25-19/h4-10H,11H2,1-3H3. The summed E-state index contributed by atoms with van der Waals surface area (Å²) in [5, 5.41) is 9.47. The van der Waals surface area contributed by atoms with E-state index in [9.17, 15) is 13.2 Å². The molecule has 4 rings (SSSR count). The van der Waals surface area contributed by atoms with Crippen LogP contribution in [0.1, 0.15) is 41.8 Å². The van der Waals surface area contributed by atoms with Crippen LogP contribution < -0.4 is 0 Å². The first kappa shape index (κ1) is 17.6. The second-order valence-electron chi connectivity index (χ2n) is 7.52. The minimum absolute atomic E-state index is 0.224. The predicted molar refractivity (Wildman–Crippen MR) is 99.1 cm³/mol. The van der Waals surface area contributed by atoms with E-state index in [4.69, 9.17) is 4.99 Å². The van der Waals surface area contributed by atoms with Gasteiger partial charge in [0.2, 0.25) is 0 Å². The van der Waals surface area contributed by atoms with Gasteiger partial charge in [-0.25, -0.2) is 0 Å². The van der Waals surface area contributed by atoms with Gasteiger partial charge in [-0.15, -0.1) is 10.2 Å². The van der Waals surface area contributed by atoms with Crippen molar-refractivity contribution in [1.29, 1.82) is 0 Å². The zero-order chi connectivity index (χ0) is 19.4. The summed E-state index contributed by atoms with van der Waals surface area (Å²) in [6.45, 7) is 5.62. The van der Waals surface area contributed by atoms with Crippen LogP contribution in [0.5, 0.6) is 0 Å². The predicted octanol–water partition coefficient (Wildman–Crippen LogP) is 5.13. The van der Waals surface area contributed by atoms with Crippen LogP contribution in [0.4, 0.5) is 13.2 Å². The molecule has 0 radical (unpaired) electrons. The summed E-state index contributed by atoms with van der Waals surface area (Å²) in [4.78, 5) is 4.72. The van der Waals surface area contributed by atoms with E-state index < -0.39 is 17.3 Å². The molecule has 0 amide bonds. The van der Waals surface area contributed by atoms with Gasteiger partial charge in [-0.1, -0.05) is 30.3 Å². The summed E-state index contributed by atoms with van der Waals surface area (Å²) in [5.74, 6) is 0. The lowest BCUT2D eigenvalue weighted by Crippen LogP contribution is -2.32. The number of aromatic nitrogens is 2. The van der Waals surface area contributed by atoms with Crippen molar-refractivity contribution in [2.24, 2.45) is 4.99 Å². The van der Waals surface area contributed by atoms with Crippen LogP contribution in [0, 0.1) is 6.92 Å². The first-order valence-electron chi connectivity index (χ1n) is 8.68. The number of aryl methyl sites for hydroxylation is 1. The van der Waals surface area contributed by atoms with Gasteiger partial charge in [0.15, 0.2) is 0 Å². The summed E-state index contributed by atoms with van der Waals surface area (Å²) in [7, 11) is 0. The number of alkyl halides is 3. The van der Waals surface area contributed by atoms with E-state index in [0.717, 1.165) is 22.5 Å². The van der Waals surface area contributed by atoms with Crippen LogP contribution in [0.3, 0.4) is 0 Å². The lowest BCUT2D eigenvalue weighted by Gasteiger charge is -2.30. The topological polar surface area (TPSA) is 38.1 Å². The number of hydrogen-bond acceptors (Lipinski definition) is 3. The van der Waals surface area contributed by atoms with E-state index in [-0.39, 0.29) is 12.0 Å². The molecule has 3 nitrogen and oxygen atoms in total. The summed E-state index contributed by atoms with van der Waals surface area (Å²) in [5.41, 5.74) is 2.21. The normalized spacial score (nSPS) is 16.1. The average Bonchev–Trinajstić information content (AvgIpc) is 2.59. The van der Waals surface area contributed by atoms with Crippen LogP contribution in [-0.2, 0) is 12.6 Å². The molecule has 0 unspecified atom stereocenters. The molecule has 6 heteroatoms. The minimum Gasteiger partial charge on any atom is -0.276 e. The Labute approximate surface area is 155 Å². The van der Waals surface area contributed by atoms with Crippen molar-refractivity contribution < 1.29 is 13.2 Å². The van der Waals surface area contributed by atoms with Gasteiger partial charge in [-0.05, 0) is 50.5 Å². The molecule has 1 aliphatic heterocycles. The smallest absolute Gasteiger partial charge is 0.276 e. The Morgan fingerprint density at radius 1 is 1.00 bits per heavy atom. The number of nitrogens with zero attached hydrogens (tertiary/aromatic N) is 3. The van der Waals surface area contributed by atoms with E-state index in [1.807, 2.05) is 45.0 Å². The monoisotopic (exact) mass is 369 g/mol. The highest BCUT2D eigenvalue weighted by molar-refractivity contribution is 6.14. The molecule has 0 fully saturated rings. The van der Waals surface area contributed by atoms with Crippen molar-refractivity contribution in [3.63, 3.8) is 0 Å². The number of benzene rings is 2. The molecule has 0 saturated heterocycles. The van der Waals surface area contributed by atoms with Crippen LogP contribution >= 0.6 is 0 Å². The molecule has 0 bridgehead atoms. The molecule has 138 valence electrons. The Hall–Kier alpha value is -2.76. The summed E-state index contributed by atoms with van der Waals surface area (Å²) in [6.07, 6.45) is -4.18. The van der Waals surface area contributed by atoms with E-state index >= 15 is 0 Å². The maximum absolute atomic E-state index is 13.5. The molecule has 2 heterocycles. The molecule has 0 atom stereocenters. The highest BCUT2D eigenvalue weighted by Gasteiger charge is 2.38. The first-order chi connectivity index (χ1) is 12.7. The van der Waals surface area contributed by atoms with Crippen molar-refractivity contribution in [2.75, 3.05) is 0 Å². The third kappa shape index (κ3) is 3.09. The fourth-order valence-electron chi connectivity index (χ4n) is 3.63. The molecule has 1 aliphatic rings. The van der Waals surface area contributed by atoms with Gasteiger partial charge in [0.25, 0.3) is 0 Å². The van der Waals surface area contributed by atoms with Crippen LogP contribution in [0.2, 0.25) is 0 Å². The Bertz CT molecular complexity index is 1080. The second-order valence-corrected chi connectivity index (χ2v) is 7.52. The Morgan fingerprint density at radius 2 is 1.74 bits per heavy atom. The zero-order valence-corrected chi connectivity index (χ0v) is 15.2. The average molecular weight is 369 g/mol. The van der Waals surface area contributed by atoms with Crippen molar-refractivity contribution >= 4 is 16.6 Å². The van der Waals surface area contributed by atoms with Gasteiger partial charge in [-0.2, -0.15) is 13.2 Å². The zero-order valence-electron chi connectivity index (χ0n) is 15.2. The third-order valence-electron chi connectivity index (χ3n) is 4.82. The van der Waals surface area contributed by atoms with Gasteiger partial charge in [0.1, 0.15) is 5.69 Å². The molecule has 2 aromatic carbocycles. The molecule has 0 N–H and O–H groups in total. The molecule has 0 saturated carbocycles. The molecule has 0 aliphatic carbocycles. The van der Waals surface area contributed by atoms with Crippen molar-refractivity contribution in [2.45, 2.75) is 38.9 Å². The van der Waals surface area contributed by atoms with Crippen LogP contribution in [-0.4, -0.2) is 21.4 Å². The summed E-state index contributed by atoms with van der Waals surface area (Å²) >= 11 is 0. The van der Waals surface area contributed by atoms with Crippen LogP contribution in [0.15, 0.2) is 47.5 Å². The minimum atomic E-state index is -4.41. The highest BCUT2D eigenvalue weighted by atomic mass is 19.4. The Balaban J connectivity index is 1.95. The van der Waals surface area contributed by atoms with E-state index in [1.165, 1.54) is 6.07 Å². The molecule has 3 aromatic rings. The Kier molecular flexibility index (Phi) is 3.84. The maximum Gasteiger partial charge on any atom is 0.416 e. The van der Waals surface area contributed by atoms with Gasteiger partial charge in [0.05, 0.1) is 22.3 Å². The third-order valence-corrected chi connectivity index (χ3v) is 4.82. The number of fused-ring (bicyclic) bond motifs is 2. The largest absolute Gasteiger partial charge is 0.416 e. The van der Waals surface area contributed by atoms with Gasteiger partial charge < -0.3 is 0 Å². The summed E-state index contributed by atoms with van der Waals surface area (Å²) < 4.78 is 40.6. The summed E-state index contributed by atoms with van der Waals surface area (Å²) in [6, 6.07) is 11.9. The van der Waals surface area contributed by atoms with Crippen molar-refractivity contribution in [3.8, 4) is 0 Å². The van der Waals surface area contributed by atoms with Crippen molar-refractivity contribution in [1.82, 2.24) is 10.2 Å². The van der Waals surface area contributed by atoms with Gasteiger partial charge in [-0.3, -0.25) is 4.99 Å². The number of rotatable bonds is 1. The highest BCUT2D eigenvalue weighted by Crippen LogP contribution is 2.38. The Morgan fingerprint density at radius 3 is 2.48 bits per heavy atom. The van der Waals surface area contributed by atoms with Gasteiger partial charge >= 0.3 is 6.18 Å². The number of halogens is 3. The fourth-order valence-corrected chi connectivity index (χ4v) is 3.63. The second kappa shape index (κ2) is 5.87. The van der Waals surface area contributed by atoms with E-state index in [1.54, 1.807) is 6.07 Å². The maximum atomic E-state index is 13.5. The van der Waals surface area contributed by atoms with E-state index in [0.29, 0.717) is 17.0 Å². The molecular formula is C21H18F3N3. The number of hydrogen-bond donors (Lipinski definition) is 0.